The lowest BCUT2D eigenvalue weighted by Gasteiger charge is -2.18. The van der Waals surface area contributed by atoms with Crippen molar-refractivity contribution in [2.75, 3.05) is 7.05 Å². The van der Waals surface area contributed by atoms with E-state index in [1.165, 1.54) is 18.9 Å². The van der Waals surface area contributed by atoms with Crippen molar-refractivity contribution in [1.82, 2.24) is 14.5 Å². The minimum atomic E-state index is -0.686. The first-order valence-corrected chi connectivity index (χ1v) is 6.48. The summed E-state index contributed by atoms with van der Waals surface area (Å²) >= 11 is 0. The number of nitro benzene ring substituents is 1. The van der Waals surface area contributed by atoms with Gasteiger partial charge in [-0.3, -0.25) is 14.9 Å². The molecule has 0 bridgehead atoms. The van der Waals surface area contributed by atoms with Crippen LogP contribution >= 0.6 is 0 Å². The first kappa shape index (κ1) is 15.6. The Morgan fingerprint density at radius 1 is 1.50 bits per heavy atom. The molecule has 1 amide bonds. The van der Waals surface area contributed by atoms with E-state index in [1.807, 2.05) is 0 Å². The van der Waals surface area contributed by atoms with Crippen LogP contribution in [0.5, 0.6) is 0 Å². The molecule has 0 spiro atoms. The zero-order valence-electron chi connectivity index (χ0n) is 12.4. The highest BCUT2D eigenvalue weighted by molar-refractivity contribution is 5.99. The molecule has 2 aromatic rings. The molecule has 0 fully saturated rings. The van der Waals surface area contributed by atoms with Crippen LogP contribution in [0.3, 0.4) is 0 Å². The van der Waals surface area contributed by atoms with Gasteiger partial charge >= 0.3 is 0 Å². The highest BCUT2D eigenvalue weighted by Gasteiger charge is 2.27. The topological polar surface area (TPSA) is 81.3 Å². The number of rotatable bonds is 4. The quantitative estimate of drug-likeness (QED) is 0.639. The summed E-state index contributed by atoms with van der Waals surface area (Å²) in [6, 6.07) is 1.99. The van der Waals surface area contributed by atoms with Gasteiger partial charge in [0.05, 0.1) is 11.5 Å². The van der Waals surface area contributed by atoms with Crippen molar-refractivity contribution in [1.29, 1.82) is 0 Å². The number of imidazole rings is 1. The summed E-state index contributed by atoms with van der Waals surface area (Å²) in [4.78, 5) is 28.3. The van der Waals surface area contributed by atoms with Crippen molar-refractivity contribution >= 4 is 11.6 Å². The Labute approximate surface area is 126 Å². The number of nitro groups is 1. The van der Waals surface area contributed by atoms with Crippen LogP contribution in [0, 0.1) is 22.9 Å². The molecule has 22 heavy (non-hydrogen) atoms. The van der Waals surface area contributed by atoms with Crippen LogP contribution in [0.1, 0.15) is 21.7 Å². The molecule has 1 aromatic carbocycles. The number of hydrogen-bond donors (Lipinski definition) is 0. The van der Waals surface area contributed by atoms with Crippen LogP contribution in [-0.4, -0.2) is 32.3 Å². The normalized spacial score (nSPS) is 10.5. The minimum absolute atomic E-state index is 0.0362. The lowest BCUT2D eigenvalue weighted by molar-refractivity contribution is -0.385. The maximum absolute atomic E-state index is 13.7. The standard InChI is InChI=1S/C14H15FN4O3/c1-9-10(15)4-5-11(19(21)22)13(9)14(20)18(3)8-12-16-6-7-17(12)2/h4-7H,8H2,1-3H3. The molecule has 0 aliphatic rings. The number of hydrogen-bond acceptors (Lipinski definition) is 4. The zero-order chi connectivity index (χ0) is 16.4. The van der Waals surface area contributed by atoms with Crippen molar-refractivity contribution in [2.24, 2.45) is 7.05 Å². The van der Waals surface area contributed by atoms with Gasteiger partial charge in [-0.25, -0.2) is 9.37 Å². The Bertz CT molecular complexity index is 742. The number of carbonyl (C=O) groups is 1. The molecule has 8 heteroatoms. The van der Waals surface area contributed by atoms with Gasteiger partial charge in [0.15, 0.2) is 0 Å². The fourth-order valence-corrected chi connectivity index (χ4v) is 2.12. The van der Waals surface area contributed by atoms with Crippen LogP contribution < -0.4 is 0 Å². The van der Waals surface area contributed by atoms with Gasteiger partial charge in [0, 0.05) is 38.1 Å². The van der Waals surface area contributed by atoms with Crippen LogP contribution in [-0.2, 0) is 13.6 Å². The highest BCUT2D eigenvalue weighted by atomic mass is 19.1. The fourth-order valence-electron chi connectivity index (χ4n) is 2.12. The maximum Gasteiger partial charge on any atom is 0.282 e. The van der Waals surface area contributed by atoms with E-state index in [0.29, 0.717) is 5.82 Å². The Morgan fingerprint density at radius 3 is 2.73 bits per heavy atom. The predicted octanol–water partition coefficient (Wildman–Crippen LogP) is 2.05. The molecular formula is C14H15FN4O3. The summed E-state index contributed by atoms with van der Waals surface area (Å²) < 4.78 is 15.4. The fraction of sp³-hybridized carbons (Fsp3) is 0.286. The lowest BCUT2D eigenvalue weighted by atomic mass is 10.0. The third kappa shape index (κ3) is 2.80. The molecule has 0 radical (unpaired) electrons. The summed E-state index contributed by atoms with van der Waals surface area (Å²) in [5.41, 5.74) is -0.678. The van der Waals surface area contributed by atoms with E-state index in [4.69, 9.17) is 0 Å². The molecule has 0 N–H and O–H groups in total. The summed E-state index contributed by atoms with van der Waals surface area (Å²) in [7, 11) is 3.27. The molecule has 2 rings (SSSR count). The number of aryl methyl sites for hydroxylation is 1. The van der Waals surface area contributed by atoms with Crippen LogP contribution in [0.4, 0.5) is 10.1 Å². The van der Waals surface area contributed by atoms with E-state index >= 15 is 0 Å². The van der Waals surface area contributed by atoms with Crippen molar-refractivity contribution in [2.45, 2.75) is 13.5 Å². The second kappa shape index (κ2) is 5.92. The third-order valence-electron chi connectivity index (χ3n) is 3.43. The summed E-state index contributed by atoms with van der Waals surface area (Å²) in [5.74, 6) is -0.654. The molecule has 116 valence electrons. The Hall–Kier alpha value is -2.77. The van der Waals surface area contributed by atoms with Gasteiger partial charge < -0.3 is 9.47 Å². The van der Waals surface area contributed by atoms with E-state index in [9.17, 15) is 19.3 Å². The first-order chi connectivity index (χ1) is 10.3. The van der Waals surface area contributed by atoms with Crippen LogP contribution in [0.2, 0.25) is 0 Å². The lowest BCUT2D eigenvalue weighted by Crippen LogP contribution is -2.29. The van der Waals surface area contributed by atoms with E-state index in [0.717, 1.165) is 12.1 Å². The second-order valence-corrected chi connectivity index (χ2v) is 4.94. The maximum atomic E-state index is 13.7. The van der Waals surface area contributed by atoms with Gasteiger partial charge in [-0.15, -0.1) is 0 Å². The van der Waals surface area contributed by atoms with E-state index in [1.54, 1.807) is 24.0 Å². The molecule has 0 atom stereocenters. The number of carbonyl (C=O) groups excluding carboxylic acids is 1. The predicted molar refractivity (Wildman–Crippen MR) is 76.8 cm³/mol. The highest BCUT2D eigenvalue weighted by Crippen LogP contribution is 2.25. The average Bonchev–Trinajstić information content (AvgIpc) is 2.86. The molecule has 1 heterocycles. The van der Waals surface area contributed by atoms with Gasteiger partial charge in [-0.1, -0.05) is 0 Å². The third-order valence-corrected chi connectivity index (χ3v) is 3.43. The molecule has 0 saturated heterocycles. The van der Waals surface area contributed by atoms with E-state index < -0.39 is 22.3 Å². The van der Waals surface area contributed by atoms with Crippen molar-refractivity contribution in [3.8, 4) is 0 Å². The van der Waals surface area contributed by atoms with Crippen molar-refractivity contribution in [3.63, 3.8) is 0 Å². The van der Waals surface area contributed by atoms with E-state index in [2.05, 4.69) is 4.98 Å². The minimum Gasteiger partial charge on any atom is -0.337 e. The monoisotopic (exact) mass is 306 g/mol. The smallest absolute Gasteiger partial charge is 0.282 e. The number of aromatic nitrogens is 2. The van der Waals surface area contributed by atoms with Crippen molar-refractivity contribution in [3.05, 3.63) is 57.4 Å². The molecule has 0 aliphatic carbocycles. The largest absolute Gasteiger partial charge is 0.337 e. The van der Waals surface area contributed by atoms with Crippen molar-refractivity contribution < 1.29 is 14.1 Å². The molecule has 0 saturated carbocycles. The van der Waals surface area contributed by atoms with Gasteiger partial charge in [-0.2, -0.15) is 0 Å². The van der Waals surface area contributed by atoms with E-state index in [-0.39, 0.29) is 17.7 Å². The summed E-state index contributed by atoms with van der Waals surface area (Å²) in [5, 5.41) is 11.1. The zero-order valence-corrected chi connectivity index (χ0v) is 12.4. The molecule has 0 unspecified atom stereocenters. The summed E-state index contributed by atoms with van der Waals surface area (Å²) in [6.45, 7) is 1.51. The van der Waals surface area contributed by atoms with Gasteiger partial charge in [0.25, 0.3) is 11.6 Å². The SMILES string of the molecule is Cc1c(F)ccc([N+](=O)[O-])c1C(=O)N(C)Cc1nccn1C. The first-order valence-electron chi connectivity index (χ1n) is 6.48. The number of nitrogens with zero attached hydrogens (tertiary/aromatic N) is 4. The molecular weight excluding hydrogens is 291 g/mol. The number of amides is 1. The Balaban J connectivity index is 2.38. The Morgan fingerprint density at radius 2 is 2.18 bits per heavy atom. The number of benzene rings is 1. The van der Waals surface area contributed by atoms with Gasteiger partial charge in [0.2, 0.25) is 0 Å². The van der Waals surface area contributed by atoms with Gasteiger partial charge in [0.1, 0.15) is 17.2 Å². The second-order valence-electron chi connectivity index (χ2n) is 4.94. The summed E-state index contributed by atoms with van der Waals surface area (Å²) in [6.07, 6.45) is 3.31. The molecule has 7 nitrogen and oxygen atoms in total. The van der Waals surface area contributed by atoms with Gasteiger partial charge in [-0.05, 0) is 13.0 Å². The molecule has 1 aromatic heterocycles. The van der Waals surface area contributed by atoms with Crippen LogP contribution in [0.15, 0.2) is 24.5 Å². The Kier molecular flexibility index (Phi) is 4.20. The average molecular weight is 306 g/mol. The molecule has 0 aliphatic heterocycles. The van der Waals surface area contributed by atoms with Crippen LogP contribution in [0.25, 0.3) is 0 Å². The number of halogens is 1.